The van der Waals surface area contributed by atoms with Crippen LogP contribution >= 0.6 is 0 Å². The zero-order valence-corrected chi connectivity index (χ0v) is 9.07. The highest BCUT2D eigenvalue weighted by Gasteiger charge is 2.17. The van der Waals surface area contributed by atoms with Gasteiger partial charge in [0.25, 0.3) is 0 Å². The zero-order chi connectivity index (χ0) is 10.8. The molecule has 2 heterocycles. The summed E-state index contributed by atoms with van der Waals surface area (Å²) in [7, 11) is 0. The lowest BCUT2D eigenvalue weighted by Crippen LogP contribution is -2.18. The Morgan fingerprint density at radius 1 is 1.47 bits per heavy atom. The Morgan fingerprint density at radius 3 is 2.87 bits per heavy atom. The number of aromatic nitrogens is 3. The van der Waals surface area contributed by atoms with Crippen molar-refractivity contribution in [2.45, 2.75) is 19.8 Å². The number of hydrogen-bond acceptors (Lipinski definition) is 3. The molecule has 0 bridgehead atoms. The molecule has 4 nitrogen and oxygen atoms in total. The molecular formula is C11H16N4. The minimum absolute atomic E-state index is 0.277. The van der Waals surface area contributed by atoms with Crippen molar-refractivity contribution < 1.29 is 0 Å². The van der Waals surface area contributed by atoms with Crippen molar-refractivity contribution in [2.24, 2.45) is 11.7 Å². The molecule has 1 unspecified atom stereocenters. The van der Waals surface area contributed by atoms with E-state index in [1.54, 1.807) is 6.20 Å². The van der Waals surface area contributed by atoms with Gasteiger partial charge in [-0.15, -0.1) is 0 Å². The highest BCUT2D eigenvalue weighted by molar-refractivity contribution is 5.70. The summed E-state index contributed by atoms with van der Waals surface area (Å²) in [5.74, 6) is 1.70. The predicted octanol–water partition coefficient (Wildman–Crippen LogP) is 1.66. The van der Waals surface area contributed by atoms with E-state index in [-0.39, 0.29) is 5.92 Å². The number of rotatable bonds is 3. The van der Waals surface area contributed by atoms with Gasteiger partial charge in [-0.3, -0.25) is 0 Å². The van der Waals surface area contributed by atoms with Crippen LogP contribution in [-0.2, 0) is 0 Å². The van der Waals surface area contributed by atoms with Crippen LogP contribution in [0.2, 0.25) is 0 Å². The minimum Gasteiger partial charge on any atom is -0.340 e. The number of H-pyrrole nitrogens is 1. The lowest BCUT2D eigenvalue weighted by Gasteiger charge is -2.15. The van der Waals surface area contributed by atoms with Gasteiger partial charge in [0, 0.05) is 18.7 Å². The zero-order valence-electron chi connectivity index (χ0n) is 9.07. The Labute approximate surface area is 88.9 Å². The molecule has 0 amide bonds. The fourth-order valence-corrected chi connectivity index (χ4v) is 1.74. The highest BCUT2D eigenvalue weighted by atomic mass is 15.0. The number of imidazole rings is 1. The maximum atomic E-state index is 5.75. The number of fused-ring (bicyclic) bond motifs is 1. The number of pyridine rings is 1. The Kier molecular flexibility index (Phi) is 2.68. The van der Waals surface area contributed by atoms with Crippen LogP contribution in [0.15, 0.2) is 18.3 Å². The summed E-state index contributed by atoms with van der Waals surface area (Å²) in [6.07, 6.45) is 1.75. The molecule has 0 radical (unpaired) electrons. The monoisotopic (exact) mass is 204 g/mol. The topological polar surface area (TPSA) is 67.6 Å². The van der Waals surface area contributed by atoms with Crippen LogP contribution < -0.4 is 5.73 Å². The number of nitrogens with zero attached hydrogens (tertiary/aromatic N) is 2. The van der Waals surface area contributed by atoms with E-state index in [0.29, 0.717) is 12.5 Å². The second-order valence-corrected chi connectivity index (χ2v) is 4.08. The summed E-state index contributed by atoms with van der Waals surface area (Å²) in [6.45, 7) is 4.91. The molecule has 1 atom stereocenters. The lowest BCUT2D eigenvalue weighted by atomic mass is 9.95. The van der Waals surface area contributed by atoms with Gasteiger partial charge in [-0.2, -0.15) is 0 Å². The van der Waals surface area contributed by atoms with E-state index in [2.05, 4.69) is 28.8 Å². The Morgan fingerprint density at radius 2 is 2.27 bits per heavy atom. The van der Waals surface area contributed by atoms with Crippen molar-refractivity contribution in [1.29, 1.82) is 0 Å². The van der Waals surface area contributed by atoms with Crippen LogP contribution in [0.3, 0.4) is 0 Å². The molecule has 2 aromatic rings. The van der Waals surface area contributed by atoms with Gasteiger partial charge in [-0.1, -0.05) is 13.8 Å². The molecule has 15 heavy (non-hydrogen) atoms. The average molecular weight is 204 g/mol. The molecule has 2 aromatic heterocycles. The fraction of sp³-hybridized carbons (Fsp3) is 0.455. The number of aromatic amines is 1. The first-order valence-electron chi connectivity index (χ1n) is 5.23. The van der Waals surface area contributed by atoms with Crippen molar-refractivity contribution in [1.82, 2.24) is 15.0 Å². The summed E-state index contributed by atoms with van der Waals surface area (Å²) >= 11 is 0. The summed E-state index contributed by atoms with van der Waals surface area (Å²) in [4.78, 5) is 11.9. The van der Waals surface area contributed by atoms with Crippen molar-refractivity contribution in [2.75, 3.05) is 6.54 Å². The smallest absolute Gasteiger partial charge is 0.177 e. The van der Waals surface area contributed by atoms with Crippen molar-refractivity contribution in [3.8, 4) is 0 Å². The third-order valence-electron chi connectivity index (χ3n) is 2.69. The van der Waals surface area contributed by atoms with Crippen molar-refractivity contribution >= 4 is 11.2 Å². The van der Waals surface area contributed by atoms with Crippen LogP contribution in [0.4, 0.5) is 0 Å². The molecule has 0 aromatic carbocycles. The van der Waals surface area contributed by atoms with Gasteiger partial charge in [0.15, 0.2) is 5.65 Å². The van der Waals surface area contributed by atoms with Crippen LogP contribution in [0.5, 0.6) is 0 Å². The summed E-state index contributed by atoms with van der Waals surface area (Å²) in [5, 5.41) is 0. The van der Waals surface area contributed by atoms with Crippen molar-refractivity contribution in [3.05, 3.63) is 24.2 Å². The van der Waals surface area contributed by atoms with Crippen LogP contribution in [-0.4, -0.2) is 21.5 Å². The summed E-state index contributed by atoms with van der Waals surface area (Å²) in [6, 6.07) is 3.88. The highest BCUT2D eigenvalue weighted by Crippen LogP contribution is 2.22. The van der Waals surface area contributed by atoms with Gasteiger partial charge < -0.3 is 10.7 Å². The van der Waals surface area contributed by atoms with E-state index in [1.807, 2.05) is 12.1 Å². The van der Waals surface area contributed by atoms with Crippen LogP contribution in [0.25, 0.3) is 11.2 Å². The molecule has 3 N–H and O–H groups in total. The molecule has 0 saturated carbocycles. The van der Waals surface area contributed by atoms with E-state index in [9.17, 15) is 0 Å². The number of nitrogens with one attached hydrogen (secondary N) is 1. The normalized spacial score (nSPS) is 13.6. The molecule has 0 spiro atoms. The molecule has 80 valence electrons. The second-order valence-electron chi connectivity index (χ2n) is 4.08. The first-order valence-corrected chi connectivity index (χ1v) is 5.23. The lowest BCUT2D eigenvalue weighted by molar-refractivity contribution is 0.488. The second kappa shape index (κ2) is 3.98. The molecule has 0 saturated heterocycles. The standard InChI is InChI=1S/C11H16N4/c1-7(2)8(6-12)10-14-9-4-3-5-13-11(9)15-10/h3-5,7-8H,6,12H2,1-2H3,(H,13,14,15). The molecule has 0 aliphatic heterocycles. The Balaban J connectivity index is 2.43. The van der Waals surface area contributed by atoms with Gasteiger partial charge >= 0.3 is 0 Å². The van der Waals surface area contributed by atoms with Crippen LogP contribution in [0, 0.1) is 5.92 Å². The van der Waals surface area contributed by atoms with Crippen LogP contribution in [0.1, 0.15) is 25.6 Å². The first-order chi connectivity index (χ1) is 7.22. The number of nitrogens with two attached hydrogens (primary N) is 1. The minimum atomic E-state index is 0.277. The molecule has 4 heteroatoms. The van der Waals surface area contributed by atoms with E-state index in [0.717, 1.165) is 17.0 Å². The molecule has 0 aliphatic carbocycles. The molecule has 0 aliphatic rings. The summed E-state index contributed by atoms with van der Waals surface area (Å²) < 4.78 is 0. The van der Waals surface area contributed by atoms with Gasteiger partial charge in [0.2, 0.25) is 0 Å². The SMILES string of the molecule is CC(C)C(CN)c1nc2ncccc2[nH]1. The first kappa shape index (κ1) is 10.1. The van der Waals surface area contributed by atoms with E-state index in [4.69, 9.17) is 5.73 Å². The van der Waals surface area contributed by atoms with Gasteiger partial charge in [0.1, 0.15) is 5.82 Å². The third kappa shape index (κ3) is 1.85. The van der Waals surface area contributed by atoms with E-state index < -0.39 is 0 Å². The predicted molar refractivity (Wildman–Crippen MR) is 60.5 cm³/mol. The van der Waals surface area contributed by atoms with E-state index >= 15 is 0 Å². The fourth-order valence-electron chi connectivity index (χ4n) is 1.74. The largest absolute Gasteiger partial charge is 0.340 e. The Hall–Kier alpha value is -1.42. The van der Waals surface area contributed by atoms with E-state index in [1.165, 1.54) is 0 Å². The maximum absolute atomic E-state index is 5.75. The Bertz CT molecular complexity index is 414. The quantitative estimate of drug-likeness (QED) is 0.799. The molecule has 0 fully saturated rings. The molecule has 2 rings (SSSR count). The third-order valence-corrected chi connectivity index (χ3v) is 2.69. The average Bonchev–Trinajstić information content (AvgIpc) is 2.61. The van der Waals surface area contributed by atoms with Gasteiger partial charge in [0.05, 0.1) is 5.52 Å². The maximum Gasteiger partial charge on any atom is 0.177 e. The van der Waals surface area contributed by atoms with Gasteiger partial charge in [-0.25, -0.2) is 9.97 Å². The summed E-state index contributed by atoms with van der Waals surface area (Å²) in [5.41, 5.74) is 7.50. The van der Waals surface area contributed by atoms with Crippen molar-refractivity contribution in [3.63, 3.8) is 0 Å². The van der Waals surface area contributed by atoms with Gasteiger partial charge in [-0.05, 0) is 18.1 Å². The molecular weight excluding hydrogens is 188 g/mol. The number of hydrogen-bond donors (Lipinski definition) is 2.